The molecular formula is C6H12N2. The minimum atomic E-state index is 0.194. The van der Waals surface area contributed by atoms with Gasteiger partial charge in [0.15, 0.2) is 0 Å². The van der Waals surface area contributed by atoms with E-state index >= 15 is 0 Å². The smallest absolute Gasteiger partial charge is 0.0911 e. The van der Waals surface area contributed by atoms with Crippen molar-refractivity contribution in [3.63, 3.8) is 0 Å². The summed E-state index contributed by atoms with van der Waals surface area (Å²) < 4.78 is 0. The molecule has 0 saturated heterocycles. The monoisotopic (exact) mass is 112 g/mol. The van der Waals surface area contributed by atoms with Gasteiger partial charge in [0.1, 0.15) is 0 Å². The van der Waals surface area contributed by atoms with E-state index < -0.39 is 0 Å². The largest absolute Gasteiger partial charge is 0.280 e. The molecule has 0 N–H and O–H groups in total. The fraction of sp³-hybridized carbons (Fsp3) is 0.833. The maximum Gasteiger partial charge on any atom is 0.0911 e. The van der Waals surface area contributed by atoms with Gasteiger partial charge < -0.3 is 0 Å². The average molecular weight is 112 g/mol. The van der Waals surface area contributed by atoms with Crippen LogP contribution < -0.4 is 0 Å². The van der Waals surface area contributed by atoms with Gasteiger partial charge in [0.05, 0.1) is 12.2 Å². The third-order valence-corrected chi connectivity index (χ3v) is 1.68. The highest BCUT2D eigenvalue weighted by Gasteiger charge is 2.24. The normalized spacial score (nSPS) is 26.9. The second kappa shape index (κ2) is 1.55. The number of rotatable bonds is 0. The summed E-state index contributed by atoms with van der Waals surface area (Å²) in [6.45, 7) is 5.17. The van der Waals surface area contributed by atoms with Gasteiger partial charge in [0.2, 0.25) is 0 Å². The molecule has 0 fully saturated rings. The van der Waals surface area contributed by atoms with Gasteiger partial charge in [-0.25, -0.2) is 0 Å². The molecule has 2 heteroatoms. The van der Waals surface area contributed by atoms with Crippen LogP contribution in [0.15, 0.2) is 4.99 Å². The lowest BCUT2D eigenvalue weighted by molar-refractivity contribution is 0.258. The van der Waals surface area contributed by atoms with Gasteiger partial charge >= 0.3 is 0 Å². The standard InChI is InChI=1S/C6H12N2/c1-6(2)4-7-5-8(6)3/h4H,5H2,1-3H3. The first-order valence-corrected chi connectivity index (χ1v) is 2.85. The molecule has 0 spiro atoms. The third kappa shape index (κ3) is 0.757. The molecule has 1 heterocycles. The van der Waals surface area contributed by atoms with Crippen molar-refractivity contribution in [2.75, 3.05) is 13.7 Å². The van der Waals surface area contributed by atoms with Crippen LogP contribution in [0.2, 0.25) is 0 Å². The molecule has 1 aliphatic rings. The van der Waals surface area contributed by atoms with Crippen LogP contribution in [0.3, 0.4) is 0 Å². The van der Waals surface area contributed by atoms with Gasteiger partial charge in [-0.15, -0.1) is 0 Å². The van der Waals surface area contributed by atoms with Crippen molar-refractivity contribution in [2.24, 2.45) is 4.99 Å². The van der Waals surface area contributed by atoms with Gasteiger partial charge in [-0.05, 0) is 20.9 Å². The van der Waals surface area contributed by atoms with Gasteiger partial charge in [-0.3, -0.25) is 9.89 Å². The molecule has 0 atom stereocenters. The Balaban J connectivity index is 2.67. The number of hydrogen-bond donors (Lipinski definition) is 0. The van der Waals surface area contributed by atoms with E-state index in [4.69, 9.17) is 0 Å². The molecule has 8 heavy (non-hydrogen) atoms. The van der Waals surface area contributed by atoms with Crippen LogP contribution >= 0.6 is 0 Å². The molecule has 0 aliphatic carbocycles. The fourth-order valence-corrected chi connectivity index (χ4v) is 0.668. The maximum atomic E-state index is 4.12. The molecule has 1 aliphatic heterocycles. The van der Waals surface area contributed by atoms with Crippen molar-refractivity contribution in [3.8, 4) is 0 Å². The molecule has 46 valence electrons. The first-order chi connectivity index (χ1) is 3.63. The van der Waals surface area contributed by atoms with Crippen LogP contribution in [-0.2, 0) is 0 Å². The highest BCUT2D eigenvalue weighted by molar-refractivity contribution is 5.70. The Morgan fingerprint density at radius 3 is 2.38 bits per heavy atom. The SMILES string of the molecule is CN1CN=CC1(C)C. The first-order valence-electron chi connectivity index (χ1n) is 2.85. The summed E-state index contributed by atoms with van der Waals surface area (Å²) >= 11 is 0. The summed E-state index contributed by atoms with van der Waals surface area (Å²) in [6.07, 6.45) is 1.99. The molecule has 0 unspecified atom stereocenters. The predicted molar refractivity (Wildman–Crippen MR) is 35.2 cm³/mol. The Kier molecular flexibility index (Phi) is 1.12. The molecule has 0 aromatic rings. The summed E-state index contributed by atoms with van der Waals surface area (Å²) in [6, 6.07) is 0. The number of nitrogens with zero attached hydrogens (tertiary/aromatic N) is 2. The van der Waals surface area contributed by atoms with Crippen LogP contribution in [0.1, 0.15) is 13.8 Å². The highest BCUT2D eigenvalue weighted by atomic mass is 15.3. The van der Waals surface area contributed by atoms with E-state index in [1.54, 1.807) is 0 Å². The van der Waals surface area contributed by atoms with E-state index in [1.165, 1.54) is 0 Å². The highest BCUT2D eigenvalue weighted by Crippen LogP contribution is 2.13. The fourth-order valence-electron chi connectivity index (χ4n) is 0.668. The Morgan fingerprint density at radius 1 is 1.62 bits per heavy atom. The van der Waals surface area contributed by atoms with Crippen molar-refractivity contribution >= 4 is 6.21 Å². The van der Waals surface area contributed by atoms with Crippen LogP contribution in [0.5, 0.6) is 0 Å². The maximum absolute atomic E-state index is 4.12. The molecule has 1 rings (SSSR count). The van der Waals surface area contributed by atoms with Crippen LogP contribution in [0.25, 0.3) is 0 Å². The number of aliphatic imine (C=N–C) groups is 1. The zero-order chi connectivity index (χ0) is 6.20. The Bertz CT molecular complexity index is 116. The second-order valence-electron chi connectivity index (χ2n) is 2.80. The van der Waals surface area contributed by atoms with E-state index in [-0.39, 0.29) is 5.54 Å². The molecule has 0 aromatic heterocycles. The van der Waals surface area contributed by atoms with E-state index in [9.17, 15) is 0 Å². The molecule has 0 aromatic carbocycles. The summed E-state index contributed by atoms with van der Waals surface area (Å²) in [7, 11) is 2.08. The van der Waals surface area contributed by atoms with E-state index in [1.807, 2.05) is 6.21 Å². The lowest BCUT2D eigenvalue weighted by atomic mass is 10.1. The van der Waals surface area contributed by atoms with Crippen molar-refractivity contribution in [3.05, 3.63) is 0 Å². The van der Waals surface area contributed by atoms with E-state index in [0.717, 1.165) is 6.67 Å². The minimum Gasteiger partial charge on any atom is -0.280 e. The number of hydrogen-bond acceptors (Lipinski definition) is 2. The van der Waals surface area contributed by atoms with Gasteiger partial charge in [-0.2, -0.15) is 0 Å². The van der Waals surface area contributed by atoms with Gasteiger partial charge in [0.25, 0.3) is 0 Å². The van der Waals surface area contributed by atoms with Crippen LogP contribution in [-0.4, -0.2) is 30.4 Å². The quantitative estimate of drug-likeness (QED) is 0.451. The zero-order valence-electron chi connectivity index (χ0n) is 5.68. The molecule has 0 bridgehead atoms. The first kappa shape index (κ1) is 5.76. The van der Waals surface area contributed by atoms with Crippen molar-refractivity contribution in [1.82, 2.24) is 4.90 Å². The summed E-state index contributed by atoms with van der Waals surface area (Å²) in [5, 5.41) is 0. The predicted octanol–water partition coefficient (Wildman–Crippen LogP) is 0.739. The minimum absolute atomic E-state index is 0.194. The topological polar surface area (TPSA) is 15.6 Å². The molecule has 0 amide bonds. The van der Waals surface area contributed by atoms with Gasteiger partial charge in [-0.1, -0.05) is 0 Å². The molecular weight excluding hydrogens is 100 g/mol. The van der Waals surface area contributed by atoms with E-state index in [2.05, 4.69) is 30.8 Å². The third-order valence-electron chi connectivity index (χ3n) is 1.68. The average Bonchev–Trinajstić information content (AvgIpc) is 1.86. The molecule has 0 radical (unpaired) electrons. The lowest BCUT2D eigenvalue weighted by Gasteiger charge is -2.23. The van der Waals surface area contributed by atoms with E-state index in [0.29, 0.717) is 0 Å². The zero-order valence-corrected chi connectivity index (χ0v) is 5.68. The molecule has 2 nitrogen and oxygen atoms in total. The molecule has 0 saturated carbocycles. The summed E-state index contributed by atoms with van der Waals surface area (Å²) in [5.74, 6) is 0. The second-order valence-corrected chi connectivity index (χ2v) is 2.80. The van der Waals surface area contributed by atoms with Crippen LogP contribution in [0, 0.1) is 0 Å². The van der Waals surface area contributed by atoms with Crippen molar-refractivity contribution in [1.29, 1.82) is 0 Å². The van der Waals surface area contributed by atoms with Crippen molar-refractivity contribution < 1.29 is 0 Å². The Hall–Kier alpha value is -0.370. The van der Waals surface area contributed by atoms with Crippen molar-refractivity contribution in [2.45, 2.75) is 19.4 Å². The summed E-state index contributed by atoms with van der Waals surface area (Å²) in [4.78, 5) is 6.32. The van der Waals surface area contributed by atoms with Gasteiger partial charge in [0, 0.05) is 6.21 Å². The summed E-state index contributed by atoms with van der Waals surface area (Å²) in [5.41, 5.74) is 0.194. The van der Waals surface area contributed by atoms with Crippen LogP contribution in [0.4, 0.5) is 0 Å². The Labute approximate surface area is 50.2 Å². The lowest BCUT2D eigenvalue weighted by Crippen LogP contribution is -2.37. The Morgan fingerprint density at radius 2 is 2.25 bits per heavy atom.